The summed E-state index contributed by atoms with van der Waals surface area (Å²) in [5.41, 5.74) is 1.28. The van der Waals surface area contributed by atoms with Crippen LogP contribution in [0.4, 0.5) is 0 Å². The summed E-state index contributed by atoms with van der Waals surface area (Å²) in [7, 11) is 4.53. The van der Waals surface area contributed by atoms with E-state index in [0.717, 1.165) is 12.0 Å². The number of rotatable bonds is 5. The van der Waals surface area contributed by atoms with Crippen LogP contribution in [0.3, 0.4) is 0 Å². The molecule has 5 bridgehead atoms. The van der Waals surface area contributed by atoms with Gasteiger partial charge in [0.25, 0.3) is 11.7 Å². The van der Waals surface area contributed by atoms with Crippen LogP contribution in [-0.2, 0) is 47.7 Å². The smallest absolute Gasteiger partial charge is 0.329 e. The molecular weight excluding hydrogens is 823 g/mol. The molecule has 3 N–H and O–H groups in total. The fourth-order valence-electron chi connectivity index (χ4n) is 10.8. The van der Waals surface area contributed by atoms with E-state index in [1.54, 1.807) is 41.1 Å². The van der Waals surface area contributed by atoms with Gasteiger partial charge in [-0.15, -0.1) is 0 Å². The van der Waals surface area contributed by atoms with E-state index in [0.29, 0.717) is 56.9 Å². The van der Waals surface area contributed by atoms with Crippen LogP contribution in [0.5, 0.6) is 0 Å². The lowest BCUT2D eigenvalue weighted by atomic mass is 9.71. The summed E-state index contributed by atoms with van der Waals surface area (Å²) < 4.78 is 29.4. The maximum absolute atomic E-state index is 14.3. The highest BCUT2D eigenvalue weighted by atomic mass is 16.6. The second-order valence-electron chi connectivity index (χ2n) is 19.6. The molecule has 5 aliphatic rings. The van der Waals surface area contributed by atoms with Crippen molar-refractivity contribution >= 4 is 29.2 Å². The summed E-state index contributed by atoms with van der Waals surface area (Å²) in [4.78, 5) is 71.8. The van der Waals surface area contributed by atoms with E-state index >= 15 is 0 Å². The quantitative estimate of drug-likeness (QED) is 0.181. The minimum atomic E-state index is -2.42. The molecule has 358 valence electrons. The highest BCUT2D eigenvalue weighted by Gasteiger charge is 2.55. The highest BCUT2D eigenvalue weighted by Crippen LogP contribution is 2.44. The molecule has 1 aliphatic carbocycles. The largest absolute Gasteiger partial charge is 0.460 e. The van der Waals surface area contributed by atoms with Gasteiger partial charge < -0.3 is 43.9 Å². The van der Waals surface area contributed by atoms with Crippen molar-refractivity contribution in [2.45, 2.75) is 167 Å². The molecule has 4 aliphatic heterocycles. The van der Waals surface area contributed by atoms with E-state index in [1.807, 2.05) is 51.2 Å². The van der Waals surface area contributed by atoms with Crippen LogP contribution >= 0.6 is 0 Å². The number of piperidine rings is 1. The van der Waals surface area contributed by atoms with Crippen molar-refractivity contribution in [3.05, 3.63) is 47.6 Å². The van der Waals surface area contributed by atoms with Gasteiger partial charge >= 0.3 is 5.97 Å². The SMILES string of the molecule is CO[C@H]1C[C@@H]2CC[C@@H](C)[C@@](O)(O2)C(=O)C(=O)N2CC[C@H]3C[C@H]2C(=O)O[C@@H](CC(=O)[C@H](C)/C=C(\C)[C@@H](O)[C@@H](OC)C(=O)[C@H](C)C[C@H](C)/C=C/C=C/C=C/1C)C3C[C@@H]1CC[C@@H](O)[C@H](OC)C1. The van der Waals surface area contributed by atoms with Crippen LogP contribution in [0.15, 0.2) is 47.6 Å². The second-order valence-corrected chi connectivity index (χ2v) is 19.6. The third-order valence-corrected chi connectivity index (χ3v) is 15.0. The number of carbonyl (C=O) groups is 5. The Morgan fingerprint density at radius 3 is 2.25 bits per heavy atom. The number of esters is 1. The first-order chi connectivity index (χ1) is 30.3. The predicted octanol–water partition coefficient (Wildman–Crippen LogP) is 5.40. The number of methoxy groups -OCH3 is 3. The van der Waals surface area contributed by atoms with Crippen LogP contribution in [0.1, 0.15) is 112 Å². The summed E-state index contributed by atoms with van der Waals surface area (Å²) in [5.74, 6) is -7.96. The summed E-state index contributed by atoms with van der Waals surface area (Å²) in [6.07, 6.45) is 10.7. The Morgan fingerprint density at radius 2 is 1.56 bits per heavy atom. The Bertz CT molecular complexity index is 1790. The number of ether oxygens (including phenoxy) is 5. The predicted molar refractivity (Wildman–Crippen MR) is 238 cm³/mol. The molecule has 4 fully saturated rings. The Hall–Kier alpha value is -3.37. The van der Waals surface area contributed by atoms with E-state index in [4.69, 9.17) is 23.7 Å². The molecule has 0 aromatic carbocycles. The standard InChI is InChI=1S/C50H75NO13/c1-28-13-11-10-12-14-29(2)41(60-7)26-36-17-15-33(6)50(59,64-36)47(56)48(57)51-20-19-35-25-38(51)49(58)63-42(37(35)23-34-16-18-39(52)43(24-34)61-8)27-40(53)30(3)22-32(5)45(55)46(62-9)44(54)31(4)21-28/h10-14,22,28,30-31,33-39,41-43,45-46,52,55,59H,15-21,23-27H2,1-9H3/b12-10+,13-11+,29-14+,32-22+/t28-,30-,31-,33-,34+,35+,36+,37?,38+,39-,41+,42+,43-,45-,46+,50-/m1/s1. The summed E-state index contributed by atoms with van der Waals surface area (Å²) in [6, 6.07) is -1.12. The van der Waals surface area contributed by atoms with Gasteiger partial charge in [-0.3, -0.25) is 19.2 Å². The first-order valence-corrected chi connectivity index (χ1v) is 23.5. The number of amides is 1. The minimum Gasteiger partial charge on any atom is -0.460 e. The van der Waals surface area contributed by atoms with Crippen LogP contribution in [-0.4, -0.2) is 132 Å². The molecule has 3 saturated heterocycles. The summed E-state index contributed by atoms with van der Waals surface area (Å²) in [5, 5.41) is 34.0. The third kappa shape index (κ3) is 12.1. The fourth-order valence-corrected chi connectivity index (χ4v) is 10.8. The molecule has 0 aromatic rings. The van der Waals surface area contributed by atoms with Crippen molar-refractivity contribution in [2.75, 3.05) is 27.9 Å². The lowest BCUT2D eigenvalue weighted by Gasteiger charge is -2.43. The maximum atomic E-state index is 14.3. The topological polar surface area (TPSA) is 195 Å². The van der Waals surface area contributed by atoms with Crippen LogP contribution < -0.4 is 0 Å². The maximum Gasteiger partial charge on any atom is 0.329 e. The Morgan fingerprint density at radius 1 is 0.828 bits per heavy atom. The van der Waals surface area contributed by atoms with Gasteiger partial charge in [0.15, 0.2) is 5.78 Å². The highest BCUT2D eigenvalue weighted by molar-refractivity contribution is 6.39. The van der Waals surface area contributed by atoms with Gasteiger partial charge in [-0.05, 0) is 106 Å². The van der Waals surface area contributed by atoms with Crippen molar-refractivity contribution in [1.82, 2.24) is 4.90 Å². The number of carbonyl (C=O) groups excluding carboxylic acids is 5. The number of ketones is 3. The van der Waals surface area contributed by atoms with Gasteiger partial charge in [-0.2, -0.15) is 0 Å². The van der Waals surface area contributed by atoms with E-state index in [9.17, 15) is 39.3 Å². The number of hydrogen-bond donors (Lipinski definition) is 3. The van der Waals surface area contributed by atoms with Gasteiger partial charge in [0.1, 0.15) is 30.1 Å². The first-order valence-electron chi connectivity index (χ1n) is 23.5. The molecule has 0 aromatic heterocycles. The van der Waals surface area contributed by atoms with Gasteiger partial charge in [-0.25, -0.2) is 4.79 Å². The normalized spacial score (nSPS) is 43.2. The van der Waals surface area contributed by atoms with Gasteiger partial charge in [0.05, 0.1) is 24.4 Å². The van der Waals surface area contributed by atoms with Crippen LogP contribution in [0.25, 0.3) is 0 Å². The molecule has 0 radical (unpaired) electrons. The second kappa shape index (κ2) is 22.9. The molecule has 0 spiro atoms. The van der Waals surface area contributed by atoms with Crippen LogP contribution in [0.2, 0.25) is 0 Å². The number of Topliss-reactive ketones (excluding diaryl/α,β-unsaturated/α-hetero) is 3. The van der Waals surface area contributed by atoms with Gasteiger partial charge in [0, 0.05) is 58.5 Å². The number of aliphatic hydroxyl groups is 3. The number of allylic oxidation sites excluding steroid dienone is 6. The minimum absolute atomic E-state index is 0.0230. The monoisotopic (exact) mass is 898 g/mol. The summed E-state index contributed by atoms with van der Waals surface area (Å²) in [6.45, 7) is 10.8. The molecule has 1 amide bonds. The van der Waals surface area contributed by atoms with Crippen molar-refractivity contribution in [1.29, 1.82) is 0 Å². The van der Waals surface area contributed by atoms with Crippen molar-refractivity contribution in [3.63, 3.8) is 0 Å². The molecule has 5 rings (SSSR count). The van der Waals surface area contributed by atoms with Crippen molar-refractivity contribution in [3.8, 4) is 0 Å². The van der Waals surface area contributed by atoms with E-state index in [2.05, 4.69) is 0 Å². The van der Waals surface area contributed by atoms with Gasteiger partial charge in [0.2, 0.25) is 5.79 Å². The molecule has 1 unspecified atom stereocenters. The zero-order valence-corrected chi connectivity index (χ0v) is 39.5. The number of nitrogens with zero attached hydrogens (tertiary/aromatic N) is 1. The molecule has 14 nitrogen and oxygen atoms in total. The number of hydrogen-bond acceptors (Lipinski definition) is 13. The fraction of sp³-hybridized carbons (Fsp3) is 0.740. The Balaban J connectivity index is 1.49. The molecular formula is C50H75NO13. The van der Waals surface area contributed by atoms with E-state index in [1.165, 1.54) is 12.0 Å². The third-order valence-electron chi connectivity index (χ3n) is 15.0. The number of aliphatic hydroxyl groups excluding tert-OH is 2. The Kier molecular flexibility index (Phi) is 18.5. The molecule has 14 heteroatoms. The Labute approximate surface area is 379 Å². The lowest BCUT2D eigenvalue weighted by molar-refractivity contribution is -0.265. The molecule has 1 saturated carbocycles. The molecule has 16 atom stereocenters. The van der Waals surface area contributed by atoms with E-state index < -0.39 is 83.9 Å². The number of fused-ring (bicyclic) bond motifs is 5. The summed E-state index contributed by atoms with van der Waals surface area (Å²) >= 11 is 0. The van der Waals surface area contributed by atoms with Crippen molar-refractivity contribution in [2.24, 2.45) is 41.4 Å². The van der Waals surface area contributed by atoms with Crippen LogP contribution in [0, 0.1) is 41.4 Å². The lowest BCUT2D eigenvalue weighted by Crippen LogP contribution is -2.61. The zero-order valence-electron chi connectivity index (χ0n) is 39.5. The molecule has 64 heavy (non-hydrogen) atoms. The zero-order chi connectivity index (χ0) is 47.0. The molecule has 4 heterocycles. The van der Waals surface area contributed by atoms with E-state index in [-0.39, 0.29) is 60.7 Å². The average Bonchev–Trinajstić information content (AvgIpc) is 3.36. The van der Waals surface area contributed by atoms with Gasteiger partial charge in [-0.1, -0.05) is 64.2 Å². The average molecular weight is 898 g/mol. The first kappa shape index (κ1) is 51.6. The van der Waals surface area contributed by atoms with Crippen molar-refractivity contribution < 1.29 is 63.0 Å².